The largest absolute Gasteiger partial charge is 0.456 e. The van der Waals surface area contributed by atoms with Crippen LogP contribution in [0.25, 0.3) is 0 Å². The Labute approximate surface area is 121 Å². The predicted octanol–water partition coefficient (Wildman–Crippen LogP) is -0.618. The fourth-order valence-electron chi connectivity index (χ4n) is 2.20. The van der Waals surface area contributed by atoms with E-state index >= 15 is 0 Å². The van der Waals surface area contributed by atoms with Gasteiger partial charge in [-0.2, -0.15) is 0 Å². The van der Waals surface area contributed by atoms with Gasteiger partial charge in [-0.05, 0) is 19.9 Å². The molecule has 1 aliphatic rings. The number of aryl methyl sites for hydroxylation is 1. The van der Waals surface area contributed by atoms with Crippen molar-refractivity contribution in [2.24, 2.45) is 5.84 Å². The molecule has 0 aliphatic carbocycles. The summed E-state index contributed by atoms with van der Waals surface area (Å²) in [5.41, 5.74) is 2.66. The number of amides is 3. The Kier molecular flexibility index (Phi) is 4.27. The maximum Gasteiger partial charge on any atom is 0.300 e. The first-order chi connectivity index (χ1) is 9.96. The highest BCUT2D eigenvalue weighted by Crippen LogP contribution is 2.18. The molecule has 8 nitrogen and oxygen atoms in total. The van der Waals surface area contributed by atoms with E-state index in [0.29, 0.717) is 17.9 Å². The zero-order valence-corrected chi connectivity index (χ0v) is 12.0. The number of hydrogen-bond donors (Lipinski definition) is 2. The van der Waals surface area contributed by atoms with Crippen LogP contribution in [-0.4, -0.2) is 47.2 Å². The Bertz CT molecular complexity index is 581. The highest BCUT2D eigenvalue weighted by Gasteiger charge is 2.29. The molecule has 1 aliphatic heterocycles. The Morgan fingerprint density at radius 1 is 1.33 bits per heavy atom. The number of carbonyl (C=O) groups is 3. The number of hydrazine groups is 1. The van der Waals surface area contributed by atoms with Crippen molar-refractivity contribution in [1.29, 1.82) is 0 Å². The van der Waals surface area contributed by atoms with Gasteiger partial charge in [0.15, 0.2) is 5.76 Å². The summed E-state index contributed by atoms with van der Waals surface area (Å²) in [5.74, 6) is 4.90. The topological polar surface area (TPSA) is 109 Å². The highest BCUT2D eigenvalue weighted by atomic mass is 16.4. The van der Waals surface area contributed by atoms with Crippen LogP contribution in [0, 0.1) is 6.92 Å². The normalized spacial score (nSPS) is 15.6. The number of likely N-dealkylation sites (N-methyl/N-ethyl adjacent to an activating group) is 1. The van der Waals surface area contributed by atoms with Gasteiger partial charge in [0.2, 0.25) is 11.8 Å². The third kappa shape index (κ3) is 3.05. The van der Waals surface area contributed by atoms with Gasteiger partial charge in [0.25, 0.3) is 0 Å². The molecular weight excluding hydrogens is 276 g/mol. The molecule has 3 amide bonds. The van der Waals surface area contributed by atoms with Gasteiger partial charge < -0.3 is 14.2 Å². The average Bonchev–Trinajstić information content (AvgIpc) is 2.83. The van der Waals surface area contributed by atoms with Gasteiger partial charge in [0.05, 0.1) is 6.54 Å². The molecule has 0 atom stereocenters. The van der Waals surface area contributed by atoms with Crippen molar-refractivity contribution in [2.45, 2.75) is 20.4 Å². The van der Waals surface area contributed by atoms with E-state index < -0.39 is 5.91 Å². The van der Waals surface area contributed by atoms with Crippen LogP contribution in [0.4, 0.5) is 0 Å². The number of piperazine rings is 1. The van der Waals surface area contributed by atoms with Gasteiger partial charge in [-0.25, -0.2) is 5.84 Å². The highest BCUT2D eigenvalue weighted by molar-refractivity contribution is 5.93. The van der Waals surface area contributed by atoms with Crippen LogP contribution in [0.5, 0.6) is 0 Å². The number of hydrogen-bond acceptors (Lipinski definition) is 5. The van der Waals surface area contributed by atoms with Crippen LogP contribution in [0.1, 0.15) is 28.8 Å². The minimum absolute atomic E-state index is 0.0374. The predicted molar refractivity (Wildman–Crippen MR) is 72.8 cm³/mol. The molecule has 0 unspecified atom stereocenters. The summed E-state index contributed by atoms with van der Waals surface area (Å²) >= 11 is 0. The van der Waals surface area contributed by atoms with Gasteiger partial charge in [0, 0.05) is 18.7 Å². The molecule has 0 saturated carbocycles. The SMILES string of the molecule is CCN1CC(=O)N(Cc2cc(C(=O)NN)oc2C)CC1=O. The lowest BCUT2D eigenvalue weighted by atomic mass is 10.2. The number of carbonyl (C=O) groups excluding carboxylic acids is 3. The van der Waals surface area contributed by atoms with Crippen LogP contribution in [-0.2, 0) is 16.1 Å². The summed E-state index contributed by atoms with van der Waals surface area (Å²) in [5, 5.41) is 0. The molecule has 114 valence electrons. The molecule has 0 radical (unpaired) electrons. The van der Waals surface area contributed by atoms with Crippen LogP contribution in [0.2, 0.25) is 0 Å². The van der Waals surface area contributed by atoms with E-state index in [2.05, 4.69) is 0 Å². The maximum atomic E-state index is 12.0. The molecule has 0 spiro atoms. The molecule has 21 heavy (non-hydrogen) atoms. The molecule has 1 fully saturated rings. The molecule has 8 heteroatoms. The molecule has 1 aromatic heterocycles. The molecule has 0 bridgehead atoms. The first-order valence-electron chi connectivity index (χ1n) is 6.62. The van der Waals surface area contributed by atoms with Gasteiger partial charge in [0.1, 0.15) is 12.3 Å². The van der Waals surface area contributed by atoms with Crippen molar-refractivity contribution < 1.29 is 18.8 Å². The van der Waals surface area contributed by atoms with Crippen LogP contribution in [0.15, 0.2) is 10.5 Å². The zero-order valence-electron chi connectivity index (χ0n) is 12.0. The minimum atomic E-state index is -0.539. The van der Waals surface area contributed by atoms with E-state index in [1.54, 1.807) is 6.92 Å². The fourth-order valence-corrected chi connectivity index (χ4v) is 2.20. The number of rotatable bonds is 4. The smallest absolute Gasteiger partial charge is 0.300 e. The summed E-state index contributed by atoms with van der Waals surface area (Å²) in [4.78, 5) is 38.2. The monoisotopic (exact) mass is 294 g/mol. The van der Waals surface area contributed by atoms with E-state index in [1.807, 2.05) is 12.3 Å². The lowest BCUT2D eigenvalue weighted by Crippen LogP contribution is -2.53. The average molecular weight is 294 g/mol. The van der Waals surface area contributed by atoms with E-state index in [9.17, 15) is 14.4 Å². The Hall–Kier alpha value is -2.35. The molecule has 2 rings (SSSR count). The summed E-state index contributed by atoms with van der Waals surface area (Å²) in [7, 11) is 0. The van der Waals surface area contributed by atoms with Crippen molar-refractivity contribution in [2.75, 3.05) is 19.6 Å². The van der Waals surface area contributed by atoms with Gasteiger partial charge >= 0.3 is 5.91 Å². The van der Waals surface area contributed by atoms with Gasteiger partial charge in [-0.1, -0.05) is 0 Å². The van der Waals surface area contributed by atoms with Gasteiger partial charge in [-0.15, -0.1) is 0 Å². The second kappa shape index (κ2) is 5.96. The summed E-state index contributed by atoms with van der Waals surface area (Å²) in [6, 6.07) is 1.53. The van der Waals surface area contributed by atoms with Crippen molar-refractivity contribution in [3.8, 4) is 0 Å². The zero-order chi connectivity index (χ0) is 15.6. The quantitative estimate of drug-likeness (QED) is 0.437. The Morgan fingerprint density at radius 3 is 2.57 bits per heavy atom. The summed E-state index contributed by atoms with van der Waals surface area (Å²) in [6.07, 6.45) is 0. The number of furan rings is 1. The van der Waals surface area contributed by atoms with Crippen LogP contribution >= 0.6 is 0 Å². The number of nitrogens with zero attached hydrogens (tertiary/aromatic N) is 2. The maximum absolute atomic E-state index is 12.0. The van der Waals surface area contributed by atoms with E-state index in [0.717, 1.165) is 0 Å². The third-order valence-electron chi connectivity index (χ3n) is 3.48. The van der Waals surface area contributed by atoms with E-state index in [1.165, 1.54) is 15.9 Å². The molecule has 2 heterocycles. The fraction of sp³-hybridized carbons (Fsp3) is 0.462. The van der Waals surface area contributed by atoms with Crippen LogP contribution < -0.4 is 11.3 Å². The number of nitrogens with two attached hydrogens (primary N) is 1. The lowest BCUT2D eigenvalue weighted by molar-refractivity contribution is -0.150. The number of nitrogen functional groups attached to an aromatic ring is 1. The minimum Gasteiger partial charge on any atom is -0.456 e. The number of nitrogens with one attached hydrogen (secondary N) is 1. The lowest BCUT2D eigenvalue weighted by Gasteiger charge is -2.33. The van der Waals surface area contributed by atoms with E-state index in [4.69, 9.17) is 10.3 Å². The first kappa shape index (κ1) is 15.0. The molecular formula is C13H18N4O4. The van der Waals surface area contributed by atoms with E-state index in [-0.39, 0.29) is 37.2 Å². The van der Waals surface area contributed by atoms with Crippen molar-refractivity contribution in [3.05, 3.63) is 23.2 Å². The summed E-state index contributed by atoms with van der Waals surface area (Å²) in [6.45, 7) is 4.40. The van der Waals surface area contributed by atoms with Crippen molar-refractivity contribution >= 4 is 17.7 Å². The first-order valence-corrected chi connectivity index (χ1v) is 6.62. The summed E-state index contributed by atoms with van der Waals surface area (Å²) < 4.78 is 5.29. The third-order valence-corrected chi connectivity index (χ3v) is 3.48. The van der Waals surface area contributed by atoms with Crippen LogP contribution in [0.3, 0.4) is 0 Å². The molecule has 0 aromatic carbocycles. The van der Waals surface area contributed by atoms with Crippen molar-refractivity contribution in [3.63, 3.8) is 0 Å². The van der Waals surface area contributed by atoms with Crippen molar-refractivity contribution in [1.82, 2.24) is 15.2 Å². The molecule has 3 N–H and O–H groups in total. The molecule has 1 aromatic rings. The second-order valence-corrected chi connectivity index (χ2v) is 4.82. The second-order valence-electron chi connectivity index (χ2n) is 4.82. The Morgan fingerprint density at radius 2 is 1.95 bits per heavy atom. The van der Waals surface area contributed by atoms with Gasteiger partial charge in [-0.3, -0.25) is 19.8 Å². The standard InChI is InChI=1S/C13H18N4O4/c1-3-16-6-12(19)17(7-11(16)18)5-9-4-10(13(20)15-14)21-8(9)2/h4H,3,5-7,14H2,1-2H3,(H,15,20). The Balaban J connectivity index is 2.11. The molecule has 1 saturated heterocycles.